The van der Waals surface area contributed by atoms with Crippen LogP contribution in [0.2, 0.25) is 0 Å². The van der Waals surface area contributed by atoms with Gasteiger partial charge >= 0.3 is 11.9 Å². The number of hydrogen-bond donors (Lipinski definition) is 1. The summed E-state index contributed by atoms with van der Waals surface area (Å²) in [6, 6.07) is 0. The van der Waals surface area contributed by atoms with E-state index in [1.807, 2.05) is 0 Å². The van der Waals surface area contributed by atoms with Crippen molar-refractivity contribution in [3.63, 3.8) is 0 Å². The maximum atomic E-state index is 12.1. The van der Waals surface area contributed by atoms with Gasteiger partial charge in [-0.05, 0) is 19.3 Å². The van der Waals surface area contributed by atoms with Gasteiger partial charge in [-0.1, -0.05) is 187 Å². The van der Waals surface area contributed by atoms with Crippen LogP contribution in [0.4, 0.5) is 0 Å². The third-order valence-electron chi connectivity index (χ3n) is 8.35. The van der Waals surface area contributed by atoms with E-state index in [0.717, 1.165) is 38.5 Å². The number of carboxylic acid groups (broad SMARTS) is 1. The molecule has 0 amide bonds. The first-order chi connectivity index (χ1) is 19.6. The fourth-order valence-corrected chi connectivity index (χ4v) is 5.62. The van der Waals surface area contributed by atoms with E-state index in [0.29, 0.717) is 12.8 Å². The first-order valence-electron chi connectivity index (χ1n) is 18.0. The van der Waals surface area contributed by atoms with Crippen molar-refractivity contribution in [3.8, 4) is 0 Å². The Hall–Kier alpha value is -1.06. The minimum absolute atomic E-state index is 0.341. The average molecular weight is 567 g/mol. The highest BCUT2D eigenvalue weighted by Gasteiger charge is 2.21. The molecule has 0 radical (unpaired) electrons. The van der Waals surface area contributed by atoms with Gasteiger partial charge in [-0.3, -0.25) is 4.79 Å². The third kappa shape index (κ3) is 29.9. The lowest BCUT2D eigenvalue weighted by atomic mass is 10.0. The normalized spacial score (nSPS) is 12.1. The zero-order chi connectivity index (χ0) is 29.4. The van der Waals surface area contributed by atoms with Crippen molar-refractivity contribution in [1.82, 2.24) is 0 Å². The van der Waals surface area contributed by atoms with Gasteiger partial charge in [-0.25, -0.2) is 4.79 Å². The summed E-state index contributed by atoms with van der Waals surface area (Å²) in [5.74, 6) is -1.34. The molecule has 0 saturated carbocycles. The molecular weight excluding hydrogens is 496 g/mol. The summed E-state index contributed by atoms with van der Waals surface area (Å²) in [5.41, 5.74) is 0. The van der Waals surface area contributed by atoms with Crippen LogP contribution in [-0.4, -0.2) is 23.1 Å². The first-order valence-corrected chi connectivity index (χ1v) is 18.0. The minimum Gasteiger partial charge on any atom is -0.479 e. The molecule has 0 bridgehead atoms. The van der Waals surface area contributed by atoms with Crippen LogP contribution >= 0.6 is 0 Å². The van der Waals surface area contributed by atoms with Crippen LogP contribution in [0.3, 0.4) is 0 Å². The smallest absolute Gasteiger partial charge is 0.345 e. The Kier molecular flexibility index (Phi) is 31.6. The molecule has 0 fully saturated rings. The molecule has 0 aromatic rings. The second-order valence-electron chi connectivity index (χ2n) is 12.4. The molecule has 1 unspecified atom stereocenters. The molecule has 0 aromatic carbocycles. The number of rotatable bonds is 33. The molecule has 0 aromatic heterocycles. The van der Waals surface area contributed by atoms with E-state index in [9.17, 15) is 14.7 Å². The van der Waals surface area contributed by atoms with Crippen molar-refractivity contribution in [2.45, 2.75) is 219 Å². The number of carbonyl (C=O) groups excluding carboxylic acids is 1. The van der Waals surface area contributed by atoms with E-state index in [4.69, 9.17) is 4.74 Å². The predicted octanol–water partition coefficient (Wildman–Crippen LogP) is 12.1. The number of ether oxygens (including phenoxy) is 1. The second kappa shape index (κ2) is 32.5. The summed E-state index contributed by atoms with van der Waals surface area (Å²) in [5, 5.41) is 9.42. The largest absolute Gasteiger partial charge is 0.479 e. The van der Waals surface area contributed by atoms with Crippen molar-refractivity contribution in [1.29, 1.82) is 0 Å². The number of aliphatic carboxylic acids is 1. The van der Waals surface area contributed by atoms with Crippen molar-refractivity contribution >= 4 is 11.9 Å². The summed E-state index contributed by atoms with van der Waals surface area (Å²) >= 11 is 0. The Morgan fingerprint density at radius 2 is 0.725 bits per heavy atom. The Morgan fingerprint density at radius 3 is 1.02 bits per heavy atom. The lowest BCUT2D eigenvalue weighted by molar-refractivity contribution is -0.164. The van der Waals surface area contributed by atoms with E-state index in [-0.39, 0.29) is 5.97 Å². The lowest BCUT2D eigenvalue weighted by Gasteiger charge is -2.13. The van der Waals surface area contributed by atoms with Gasteiger partial charge in [-0.2, -0.15) is 0 Å². The van der Waals surface area contributed by atoms with E-state index >= 15 is 0 Å². The maximum absolute atomic E-state index is 12.1. The molecule has 0 aliphatic heterocycles. The summed E-state index contributed by atoms with van der Waals surface area (Å²) in [4.78, 5) is 23.6. The van der Waals surface area contributed by atoms with Gasteiger partial charge in [0.15, 0.2) is 6.10 Å². The van der Waals surface area contributed by atoms with Crippen molar-refractivity contribution in [2.75, 3.05) is 0 Å². The zero-order valence-electron chi connectivity index (χ0n) is 27.2. The van der Waals surface area contributed by atoms with E-state index in [1.165, 1.54) is 148 Å². The molecule has 0 aliphatic rings. The van der Waals surface area contributed by atoms with Gasteiger partial charge in [0.2, 0.25) is 0 Å². The van der Waals surface area contributed by atoms with Gasteiger partial charge in [0.05, 0.1) is 0 Å². The quantitative estimate of drug-likeness (QED) is 0.0633. The van der Waals surface area contributed by atoms with Crippen molar-refractivity contribution in [3.05, 3.63) is 0 Å². The maximum Gasteiger partial charge on any atom is 0.345 e. The molecule has 0 heterocycles. The molecule has 4 heteroatoms. The first kappa shape index (κ1) is 38.9. The number of carboxylic acids is 1. The highest BCUT2D eigenvalue weighted by molar-refractivity contribution is 5.77. The summed E-state index contributed by atoms with van der Waals surface area (Å²) in [6.07, 6.45) is 37.1. The number of unbranched alkanes of at least 4 members (excludes halogenated alkanes) is 27. The topological polar surface area (TPSA) is 63.6 Å². The molecule has 238 valence electrons. The van der Waals surface area contributed by atoms with Gasteiger partial charge in [0.1, 0.15) is 0 Å². The highest BCUT2D eigenvalue weighted by atomic mass is 16.6. The SMILES string of the molecule is CCCCCCCCCCCCCCCCCCCCCC(=O)OC(CCCCCCCCCCCC)C(=O)O. The Balaban J connectivity index is 3.47. The van der Waals surface area contributed by atoms with Crippen molar-refractivity contribution in [2.24, 2.45) is 0 Å². The molecule has 1 atom stereocenters. The van der Waals surface area contributed by atoms with E-state index in [2.05, 4.69) is 13.8 Å². The van der Waals surface area contributed by atoms with Crippen LogP contribution in [0, 0.1) is 0 Å². The third-order valence-corrected chi connectivity index (χ3v) is 8.35. The summed E-state index contributed by atoms with van der Waals surface area (Å²) in [7, 11) is 0. The van der Waals surface area contributed by atoms with E-state index in [1.54, 1.807) is 0 Å². The molecule has 1 N–H and O–H groups in total. The van der Waals surface area contributed by atoms with Gasteiger partial charge in [-0.15, -0.1) is 0 Å². The fourth-order valence-electron chi connectivity index (χ4n) is 5.62. The number of hydrogen-bond acceptors (Lipinski definition) is 3. The van der Waals surface area contributed by atoms with Crippen LogP contribution in [0.15, 0.2) is 0 Å². The Bertz CT molecular complexity index is 533. The standard InChI is InChI=1S/C36H70O4/c1-3-5-7-9-11-13-15-16-17-18-19-20-21-22-23-25-27-29-31-33-35(37)40-34(36(38)39)32-30-28-26-24-14-12-10-8-6-4-2/h34H,3-33H2,1-2H3,(H,38,39). The minimum atomic E-state index is -1.00. The zero-order valence-corrected chi connectivity index (χ0v) is 27.2. The van der Waals surface area contributed by atoms with Crippen LogP contribution in [0.5, 0.6) is 0 Å². The second-order valence-corrected chi connectivity index (χ2v) is 12.4. The Labute approximate surface area is 250 Å². The molecule has 0 saturated heterocycles. The van der Waals surface area contributed by atoms with Crippen molar-refractivity contribution < 1.29 is 19.4 Å². The molecule has 4 nitrogen and oxygen atoms in total. The predicted molar refractivity (Wildman–Crippen MR) is 172 cm³/mol. The van der Waals surface area contributed by atoms with Crippen LogP contribution in [-0.2, 0) is 14.3 Å². The molecular formula is C36H70O4. The summed E-state index contributed by atoms with van der Waals surface area (Å²) < 4.78 is 5.29. The monoisotopic (exact) mass is 567 g/mol. The van der Waals surface area contributed by atoms with Crippen LogP contribution in [0.25, 0.3) is 0 Å². The number of carbonyl (C=O) groups is 2. The van der Waals surface area contributed by atoms with Gasteiger partial charge in [0, 0.05) is 6.42 Å². The Morgan fingerprint density at radius 1 is 0.450 bits per heavy atom. The number of esters is 1. The highest BCUT2D eigenvalue weighted by Crippen LogP contribution is 2.16. The van der Waals surface area contributed by atoms with Gasteiger partial charge < -0.3 is 9.84 Å². The van der Waals surface area contributed by atoms with E-state index < -0.39 is 12.1 Å². The fraction of sp³-hybridized carbons (Fsp3) is 0.944. The molecule has 0 spiro atoms. The molecule has 0 rings (SSSR count). The lowest BCUT2D eigenvalue weighted by Crippen LogP contribution is -2.27. The summed E-state index contributed by atoms with van der Waals surface area (Å²) in [6.45, 7) is 4.52. The molecule has 40 heavy (non-hydrogen) atoms. The van der Waals surface area contributed by atoms with Crippen LogP contribution < -0.4 is 0 Å². The molecule has 0 aliphatic carbocycles. The van der Waals surface area contributed by atoms with Gasteiger partial charge in [0.25, 0.3) is 0 Å². The van der Waals surface area contributed by atoms with Crippen LogP contribution in [0.1, 0.15) is 213 Å². The average Bonchev–Trinajstić information content (AvgIpc) is 2.94.